The van der Waals surface area contributed by atoms with Gasteiger partial charge in [0.05, 0.1) is 27.8 Å². The van der Waals surface area contributed by atoms with Gasteiger partial charge in [-0.15, -0.1) is 0 Å². The summed E-state index contributed by atoms with van der Waals surface area (Å²) in [5.41, 5.74) is 1.91. The summed E-state index contributed by atoms with van der Waals surface area (Å²) in [6, 6.07) is 7.72. The third-order valence-electron chi connectivity index (χ3n) is 6.48. The van der Waals surface area contributed by atoms with Gasteiger partial charge in [0, 0.05) is 25.3 Å². The van der Waals surface area contributed by atoms with E-state index in [2.05, 4.69) is 20.3 Å². The normalized spacial score (nSPS) is 14.0. The van der Waals surface area contributed by atoms with Gasteiger partial charge in [-0.25, -0.2) is 13.8 Å². The lowest BCUT2D eigenvalue weighted by molar-refractivity contribution is 0.0645. The van der Waals surface area contributed by atoms with E-state index < -0.39 is 17.2 Å². The first-order valence-corrected chi connectivity index (χ1v) is 12.1. The maximum absolute atomic E-state index is 14.1. The van der Waals surface area contributed by atoms with Crippen molar-refractivity contribution in [2.75, 3.05) is 32.5 Å². The molecule has 0 saturated heterocycles. The number of nitrogens with one attached hydrogen (secondary N) is 3. The molecule has 196 valence electrons. The molecule has 0 bridgehead atoms. The standard InChI is InChI=1S/C27H26F2N6O3/c1-14(10-15-11-16(28)4-5-19(15)29)31-20-6-7-30-25(36)23(20)24-32-21-12-17-18(13-22(21)33-24)27(38)35(26(17)37)9-8-34(2)3/h4-7,11-14H,8-10H2,1-3H3,(H,32,33)(H2,30,31,36)/t14-/m1/s1. The van der Waals surface area contributed by atoms with Crippen LogP contribution in [-0.2, 0) is 6.42 Å². The molecule has 38 heavy (non-hydrogen) atoms. The smallest absolute Gasteiger partial charge is 0.261 e. The predicted molar refractivity (Wildman–Crippen MR) is 139 cm³/mol. The Balaban J connectivity index is 1.45. The molecule has 2 aromatic heterocycles. The first-order valence-electron chi connectivity index (χ1n) is 12.1. The molecule has 1 aliphatic rings. The van der Waals surface area contributed by atoms with E-state index in [0.717, 1.165) is 18.2 Å². The number of aromatic amines is 2. The van der Waals surface area contributed by atoms with E-state index in [0.29, 0.717) is 23.3 Å². The van der Waals surface area contributed by atoms with Crippen LogP contribution in [0.4, 0.5) is 14.5 Å². The van der Waals surface area contributed by atoms with Crippen LogP contribution in [0, 0.1) is 11.6 Å². The molecule has 9 nitrogen and oxygen atoms in total. The Morgan fingerprint density at radius 1 is 1.05 bits per heavy atom. The molecule has 0 unspecified atom stereocenters. The Morgan fingerprint density at radius 2 is 1.79 bits per heavy atom. The van der Waals surface area contributed by atoms with E-state index in [1.165, 1.54) is 11.1 Å². The Morgan fingerprint density at radius 3 is 2.53 bits per heavy atom. The molecule has 3 heterocycles. The summed E-state index contributed by atoms with van der Waals surface area (Å²) in [5, 5.41) is 3.19. The molecule has 5 rings (SSSR count). The zero-order valence-electron chi connectivity index (χ0n) is 21.1. The van der Waals surface area contributed by atoms with E-state index in [1.54, 1.807) is 25.1 Å². The second-order valence-electron chi connectivity index (χ2n) is 9.65. The number of rotatable bonds is 8. The summed E-state index contributed by atoms with van der Waals surface area (Å²) in [4.78, 5) is 52.0. The number of H-pyrrole nitrogens is 2. The van der Waals surface area contributed by atoms with Crippen molar-refractivity contribution in [1.82, 2.24) is 24.8 Å². The quantitative estimate of drug-likeness (QED) is 0.307. The van der Waals surface area contributed by atoms with Crippen molar-refractivity contribution in [1.29, 1.82) is 0 Å². The molecular weight excluding hydrogens is 494 g/mol. The fourth-order valence-electron chi connectivity index (χ4n) is 4.60. The third-order valence-corrected chi connectivity index (χ3v) is 6.48. The van der Waals surface area contributed by atoms with Crippen LogP contribution in [0.1, 0.15) is 33.2 Å². The average Bonchev–Trinajstić information content (AvgIpc) is 3.36. The highest BCUT2D eigenvalue weighted by Crippen LogP contribution is 2.30. The molecule has 1 aliphatic heterocycles. The van der Waals surface area contributed by atoms with E-state index >= 15 is 0 Å². The van der Waals surface area contributed by atoms with Crippen molar-refractivity contribution < 1.29 is 18.4 Å². The number of likely N-dealkylation sites (N-methyl/N-ethyl adjacent to an activating group) is 1. The minimum absolute atomic E-state index is 0.178. The summed E-state index contributed by atoms with van der Waals surface area (Å²) < 4.78 is 27.7. The lowest BCUT2D eigenvalue weighted by Gasteiger charge is -2.17. The van der Waals surface area contributed by atoms with E-state index in [1.807, 2.05) is 19.0 Å². The fraction of sp³-hybridized carbons (Fsp3) is 0.259. The number of carbonyl (C=O) groups excluding carboxylic acids is 2. The van der Waals surface area contributed by atoms with E-state index in [-0.39, 0.29) is 58.9 Å². The van der Waals surface area contributed by atoms with Gasteiger partial charge in [0.15, 0.2) is 0 Å². The highest BCUT2D eigenvalue weighted by molar-refractivity contribution is 6.22. The van der Waals surface area contributed by atoms with Crippen LogP contribution >= 0.6 is 0 Å². The molecule has 0 saturated carbocycles. The highest BCUT2D eigenvalue weighted by atomic mass is 19.1. The van der Waals surface area contributed by atoms with Gasteiger partial charge in [0.25, 0.3) is 17.4 Å². The van der Waals surface area contributed by atoms with Gasteiger partial charge < -0.3 is 20.2 Å². The molecule has 3 N–H and O–H groups in total. The predicted octanol–water partition coefficient (Wildman–Crippen LogP) is 3.40. The number of amides is 2. The molecule has 0 fully saturated rings. The van der Waals surface area contributed by atoms with Crippen molar-refractivity contribution in [2.45, 2.75) is 19.4 Å². The van der Waals surface area contributed by atoms with Crippen LogP contribution in [0.15, 0.2) is 47.4 Å². The molecule has 0 aliphatic carbocycles. The van der Waals surface area contributed by atoms with Crippen molar-refractivity contribution in [3.63, 3.8) is 0 Å². The topological polar surface area (TPSA) is 114 Å². The van der Waals surface area contributed by atoms with Crippen LogP contribution in [0.25, 0.3) is 22.4 Å². The van der Waals surface area contributed by atoms with Crippen LogP contribution < -0.4 is 10.9 Å². The number of anilines is 1. The Bertz CT molecular complexity index is 1570. The SMILES string of the molecule is C[C@H](Cc1cc(F)ccc1F)Nc1cc[nH]c(=O)c1-c1nc2cc3c(cc2[nH]1)C(=O)N(CCN(C)C)C3=O. The summed E-state index contributed by atoms with van der Waals surface area (Å²) in [5.74, 6) is -1.56. The number of carbonyl (C=O) groups is 2. The zero-order chi connectivity index (χ0) is 27.1. The minimum atomic E-state index is -0.530. The minimum Gasteiger partial charge on any atom is -0.381 e. The summed E-state index contributed by atoms with van der Waals surface area (Å²) >= 11 is 0. The molecule has 1 atom stereocenters. The maximum Gasteiger partial charge on any atom is 0.261 e. The Hall–Kier alpha value is -4.38. The van der Waals surface area contributed by atoms with Crippen LogP contribution in [0.3, 0.4) is 0 Å². The highest BCUT2D eigenvalue weighted by Gasteiger charge is 2.36. The number of imide groups is 1. The van der Waals surface area contributed by atoms with Gasteiger partial charge in [-0.3, -0.25) is 19.3 Å². The second-order valence-corrected chi connectivity index (χ2v) is 9.65. The van der Waals surface area contributed by atoms with Gasteiger partial charge in [0.2, 0.25) is 0 Å². The third kappa shape index (κ3) is 4.68. The molecule has 4 aromatic rings. The number of hydrogen-bond donors (Lipinski definition) is 3. The molecule has 0 spiro atoms. The number of benzene rings is 2. The molecular formula is C27H26F2N6O3. The van der Waals surface area contributed by atoms with Crippen LogP contribution in [0.5, 0.6) is 0 Å². The van der Waals surface area contributed by atoms with E-state index in [9.17, 15) is 23.2 Å². The first-order chi connectivity index (χ1) is 18.1. The number of imidazole rings is 1. The summed E-state index contributed by atoms with van der Waals surface area (Å²) in [6.07, 6.45) is 1.65. The van der Waals surface area contributed by atoms with Gasteiger partial charge in [0.1, 0.15) is 23.0 Å². The lowest BCUT2D eigenvalue weighted by Crippen LogP contribution is -2.35. The number of fused-ring (bicyclic) bond motifs is 2. The second kappa shape index (κ2) is 9.82. The lowest BCUT2D eigenvalue weighted by atomic mass is 10.1. The number of pyridine rings is 1. The largest absolute Gasteiger partial charge is 0.381 e. The molecule has 2 amide bonds. The van der Waals surface area contributed by atoms with Crippen LogP contribution in [-0.4, -0.2) is 69.8 Å². The van der Waals surface area contributed by atoms with Crippen LogP contribution in [0.2, 0.25) is 0 Å². The van der Waals surface area contributed by atoms with Gasteiger partial charge in [-0.05, 0) is 69.4 Å². The number of aromatic nitrogens is 3. The zero-order valence-corrected chi connectivity index (χ0v) is 21.1. The molecule has 2 aromatic carbocycles. The van der Waals surface area contributed by atoms with Gasteiger partial charge in [-0.2, -0.15) is 0 Å². The molecule has 11 heteroatoms. The maximum atomic E-state index is 14.1. The van der Waals surface area contributed by atoms with Crippen molar-refractivity contribution >= 4 is 28.5 Å². The van der Waals surface area contributed by atoms with Crippen molar-refractivity contribution in [3.8, 4) is 11.4 Å². The summed E-state index contributed by atoms with van der Waals surface area (Å²) in [6.45, 7) is 2.61. The average molecular weight is 521 g/mol. The Kier molecular flexibility index (Phi) is 6.53. The number of hydrogen-bond acceptors (Lipinski definition) is 6. The first kappa shape index (κ1) is 25.3. The summed E-state index contributed by atoms with van der Waals surface area (Å²) in [7, 11) is 3.73. The van der Waals surface area contributed by atoms with Crippen molar-refractivity contribution in [3.05, 3.63) is 81.3 Å². The van der Waals surface area contributed by atoms with E-state index in [4.69, 9.17) is 0 Å². The number of nitrogens with zero attached hydrogens (tertiary/aromatic N) is 3. The Labute approximate surface area is 216 Å². The van der Waals surface area contributed by atoms with Gasteiger partial charge >= 0.3 is 0 Å². The van der Waals surface area contributed by atoms with Crippen molar-refractivity contribution in [2.24, 2.45) is 0 Å². The number of halogens is 2. The molecule has 0 radical (unpaired) electrons. The monoisotopic (exact) mass is 520 g/mol. The fourth-order valence-corrected chi connectivity index (χ4v) is 4.60. The van der Waals surface area contributed by atoms with Gasteiger partial charge in [-0.1, -0.05) is 0 Å².